The Morgan fingerprint density at radius 3 is 2.68 bits per heavy atom. The van der Waals surface area contributed by atoms with Gasteiger partial charge in [-0.2, -0.15) is 0 Å². The van der Waals surface area contributed by atoms with Gasteiger partial charge in [0.05, 0.1) is 19.7 Å². The van der Waals surface area contributed by atoms with Crippen molar-refractivity contribution in [2.45, 2.75) is 38.6 Å². The molecule has 4 rings (SSSR count). The summed E-state index contributed by atoms with van der Waals surface area (Å²) in [6, 6.07) is 13.1. The summed E-state index contributed by atoms with van der Waals surface area (Å²) in [7, 11) is 3.49. The van der Waals surface area contributed by atoms with Crippen LogP contribution in [0.5, 0.6) is 11.5 Å². The molecule has 0 fully saturated rings. The molecule has 130 valence electrons. The molecule has 3 heteroatoms. The SMILES string of the molecule is CCn1ccc2c(OC)ccc(C3CCc4cc(OC)ccc4C3)c21. The predicted molar refractivity (Wildman–Crippen MR) is 102 cm³/mol. The van der Waals surface area contributed by atoms with Gasteiger partial charge in [-0.15, -0.1) is 0 Å². The van der Waals surface area contributed by atoms with Crippen molar-refractivity contribution in [3.8, 4) is 11.5 Å². The lowest BCUT2D eigenvalue weighted by atomic mass is 9.79. The van der Waals surface area contributed by atoms with Gasteiger partial charge in [0.25, 0.3) is 0 Å². The Bertz CT molecular complexity index is 910. The zero-order chi connectivity index (χ0) is 17.4. The molecule has 0 spiro atoms. The molecule has 1 atom stereocenters. The number of nitrogens with zero attached hydrogens (tertiary/aromatic N) is 1. The Kier molecular flexibility index (Phi) is 4.16. The van der Waals surface area contributed by atoms with Crippen LogP contribution in [-0.4, -0.2) is 18.8 Å². The minimum atomic E-state index is 0.550. The van der Waals surface area contributed by atoms with Gasteiger partial charge in [0, 0.05) is 18.1 Å². The topological polar surface area (TPSA) is 23.4 Å². The molecule has 0 saturated carbocycles. The third kappa shape index (κ3) is 2.68. The molecular weight excluding hydrogens is 310 g/mol. The van der Waals surface area contributed by atoms with Crippen LogP contribution in [0.15, 0.2) is 42.6 Å². The molecule has 0 amide bonds. The van der Waals surface area contributed by atoms with E-state index in [-0.39, 0.29) is 0 Å². The first-order valence-corrected chi connectivity index (χ1v) is 9.06. The number of methoxy groups -OCH3 is 2. The number of rotatable bonds is 4. The van der Waals surface area contributed by atoms with E-state index in [1.165, 1.54) is 34.0 Å². The van der Waals surface area contributed by atoms with Gasteiger partial charge >= 0.3 is 0 Å². The average Bonchev–Trinajstić information content (AvgIpc) is 3.10. The smallest absolute Gasteiger partial charge is 0.128 e. The van der Waals surface area contributed by atoms with Crippen molar-refractivity contribution in [1.82, 2.24) is 4.57 Å². The van der Waals surface area contributed by atoms with Crippen LogP contribution in [-0.2, 0) is 19.4 Å². The van der Waals surface area contributed by atoms with E-state index < -0.39 is 0 Å². The van der Waals surface area contributed by atoms with E-state index in [0.717, 1.165) is 30.9 Å². The molecule has 0 N–H and O–H groups in total. The van der Waals surface area contributed by atoms with Crippen molar-refractivity contribution < 1.29 is 9.47 Å². The van der Waals surface area contributed by atoms with Crippen molar-refractivity contribution in [2.75, 3.05) is 14.2 Å². The van der Waals surface area contributed by atoms with Crippen LogP contribution in [0.25, 0.3) is 10.9 Å². The monoisotopic (exact) mass is 335 g/mol. The van der Waals surface area contributed by atoms with E-state index in [0.29, 0.717) is 5.92 Å². The third-order valence-corrected chi connectivity index (χ3v) is 5.56. The minimum absolute atomic E-state index is 0.550. The molecule has 1 aromatic heterocycles. The van der Waals surface area contributed by atoms with Gasteiger partial charge in [0.15, 0.2) is 0 Å². The van der Waals surface area contributed by atoms with Crippen molar-refractivity contribution in [2.24, 2.45) is 0 Å². The fourth-order valence-electron chi connectivity index (χ4n) is 4.22. The maximum absolute atomic E-state index is 5.58. The molecule has 1 aliphatic rings. The number of aryl methyl sites for hydroxylation is 2. The molecule has 25 heavy (non-hydrogen) atoms. The first-order valence-electron chi connectivity index (χ1n) is 9.06. The summed E-state index contributed by atoms with van der Waals surface area (Å²) < 4.78 is 13.3. The maximum atomic E-state index is 5.58. The Morgan fingerprint density at radius 1 is 1.04 bits per heavy atom. The Balaban J connectivity index is 1.76. The van der Waals surface area contributed by atoms with Crippen LogP contribution in [0.2, 0.25) is 0 Å². The second-order valence-corrected chi connectivity index (χ2v) is 6.80. The van der Waals surface area contributed by atoms with Gasteiger partial charge < -0.3 is 14.0 Å². The number of benzene rings is 2. The van der Waals surface area contributed by atoms with E-state index in [2.05, 4.69) is 54.1 Å². The summed E-state index contributed by atoms with van der Waals surface area (Å²) in [4.78, 5) is 0. The van der Waals surface area contributed by atoms with Gasteiger partial charge in [0.2, 0.25) is 0 Å². The lowest BCUT2D eigenvalue weighted by molar-refractivity contribution is 0.413. The zero-order valence-corrected chi connectivity index (χ0v) is 15.2. The van der Waals surface area contributed by atoms with E-state index in [9.17, 15) is 0 Å². The number of hydrogen-bond donors (Lipinski definition) is 0. The highest BCUT2D eigenvalue weighted by Crippen LogP contribution is 2.39. The molecule has 0 bridgehead atoms. The van der Waals surface area contributed by atoms with E-state index >= 15 is 0 Å². The molecule has 1 heterocycles. The van der Waals surface area contributed by atoms with Gasteiger partial charge in [-0.25, -0.2) is 0 Å². The van der Waals surface area contributed by atoms with Gasteiger partial charge in [-0.05, 0) is 73.1 Å². The van der Waals surface area contributed by atoms with Crippen molar-refractivity contribution >= 4 is 10.9 Å². The summed E-state index contributed by atoms with van der Waals surface area (Å²) in [5, 5.41) is 1.22. The summed E-state index contributed by atoms with van der Waals surface area (Å²) in [5.41, 5.74) is 5.68. The summed E-state index contributed by atoms with van der Waals surface area (Å²) in [6.07, 6.45) is 5.56. The number of aromatic nitrogens is 1. The lowest BCUT2D eigenvalue weighted by Gasteiger charge is -2.26. The van der Waals surface area contributed by atoms with Crippen LogP contribution in [0.1, 0.15) is 36.0 Å². The Hall–Kier alpha value is -2.42. The molecule has 1 aliphatic carbocycles. The molecule has 0 aliphatic heterocycles. The third-order valence-electron chi connectivity index (χ3n) is 5.56. The Labute approximate surface area is 149 Å². The van der Waals surface area contributed by atoms with Crippen LogP contribution < -0.4 is 9.47 Å². The molecular formula is C22H25NO2. The molecule has 0 saturated heterocycles. The quantitative estimate of drug-likeness (QED) is 0.673. The van der Waals surface area contributed by atoms with Crippen LogP contribution in [0.4, 0.5) is 0 Å². The molecule has 2 aromatic carbocycles. The predicted octanol–water partition coefficient (Wildman–Crippen LogP) is 4.95. The number of fused-ring (bicyclic) bond motifs is 2. The van der Waals surface area contributed by atoms with Gasteiger partial charge in [0.1, 0.15) is 11.5 Å². The lowest BCUT2D eigenvalue weighted by Crippen LogP contribution is -2.14. The van der Waals surface area contributed by atoms with Crippen LogP contribution >= 0.6 is 0 Å². The average molecular weight is 335 g/mol. The summed E-state index contributed by atoms with van der Waals surface area (Å²) in [5.74, 6) is 2.48. The van der Waals surface area contributed by atoms with Crippen LogP contribution in [0, 0.1) is 0 Å². The molecule has 1 unspecified atom stereocenters. The Morgan fingerprint density at radius 2 is 1.92 bits per heavy atom. The minimum Gasteiger partial charge on any atom is -0.497 e. The highest BCUT2D eigenvalue weighted by molar-refractivity contribution is 5.89. The standard InChI is InChI=1S/C22H25NO2/c1-4-23-12-11-20-21(25-3)10-9-19(22(20)23)17-6-5-16-14-18(24-2)8-7-15(16)13-17/h7-12,14,17H,4-6,13H2,1-3H3. The highest BCUT2D eigenvalue weighted by atomic mass is 16.5. The van der Waals surface area contributed by atoms with E-state index in [1.807, 2.05) is 0 Å². The van der Waals surface area contributed by atoms with Crippen molar-refractivity contribution in [3.63, 3.8) is 0 Å². The largest absolute Gasteiger partial charge is 0.497 e. The van der Waals surface area contributed by atoms with Gasteiger partial charge in [-0.3, -0.25) is 0 Å². The highest BCUT2D eigenvalue weighted by Gasteiger charge is 2.24. The maximum Gasteiger partial charge on any atom is 0.128 e. The van der Waals surface area contributed by atoms with Crippen LogP contribution in [0.3, 0.4) is 0 Å². The van der Waals surface area contributed by atoms with Gasteiger partial charge in [-0.1, -0.05) is 12.1 Å². The molecule has 0 radical (unpaired) electrons. The van der Waals surface area contributed by atoms with E-state index in [1.54, 1.807) is 14.2 Å². The number of hydrogen-bond acceptors (Lipinski definition) is 2. The first kappa shape index (κ1) is 16.1. The summed E-state index contributed by atoms with van der Waals surface area (Å²) in [6.45, 7) is 3.18. The zero-order valence-electron chi connectivity index (χ0n) is 15.2. The second-order valence-electron chi connectivity index (χ2n) is 6.80. The number of ether oxygens (including phenoxy) is 2. The molecule has 3 nitrogen and oxygen atoms in total. The molecule has 3 aromatic rings. The van der Waals surface area contributed by atoms with E-state index in [4.69, 9.17) is 9.47 Å². The first-order chi connectivity index (χ1) is 12.2. The van der Waals surface area contributed by atoms with Crippen molar-refractivity contribution in [1.29, 1.82) is 0 Å². The fourth-order valence-corrected chi connectivity index (χ4v) is 4.22. The second kappa shape index (κ2) is 6.47. The van der Waals surface area contributed by atoms with Crippen molar-refractivity contribution in [3.05, 3.63) is 59.3 Å². The normalized spacial score (nSPS) is 16.7. The summed E-state index contributed by atoms with van der Waals surface area (Å²) >= 11 is 0. The fraction of sp³-hybridized carbons (Fsp3) is 0.364.